The van der Waals surface area contributed by atoms with E-state index in [4.69, 9.17) is 25.8 Å². The second-order valence-electron chi connectivity index (χ2n) is 7.50. The van der Waals surface area contributed by atoms with Crippen LogP contribution in [-0.2, 0) is 20.9 Å². The Labute approximate surface area is 227 Å². The number of benzene rings is 2. The van der Waals surface area contributed by atoms with Gasteiger partial charge in [-0.2, -0.15) is 0 Å². The molecule has 1 atom stereocenters. The first kappa shape index (κ1) is 29.3. The minimum absolute atomic E-state index is 0.0994. The van der Waals surface area contributed by atoms with Crippen LogP contribution in [0.2, 0.25) is 5.02 Å². The molecule has 0 spiro atoms. The third-order valence-corrected chi connectivity index (χ3v) is 5.81. The first-order chi connectivity index (χ1) is 17.3. The first-order valence-corrected chi connectivity index (χ1v) is 12.3. The van der Waals surface area contributed by atoms with E-state index in [1.165, 1.54) is 7.11 Å². The highest BCUT2D eigenvalue weighted by molar-refractivity contribution is 14.1. The zero-order valence-corrected chi connectivity index (χ0v) is 22.6. The fourth-order valence-electron chi connectivity index (χ4n) is 3.25. The van der Waals surface area contributed by atoms with E-state index in [0.717, 1.165) is 0 Å². The number of carbonyl (C=O) groups excluding carboxylic acids is 3. The summed E-state index contributed by atoms with van der Waals surface area (Å²) in [5, 5.41) is 15.5. The number of ether oxygens (including phenoxy) is 3. The molecule has 196 valence electrons. The normalized spacial score (nSPS) is 11.1. The van der Waals surface area contributed by atoms with E-state index in [1.807, 2.05) is 0 Å². The van der Waals surface area contributed by atoms with Gasteiger partial charge in [0.1, 0.15) is 5.75 Å². The maximum Gasteiger partial charge on any atom is 0.258 e. The van der Waals surface area contributed by atoms with Crippen LogP contribution in [0.5, 0.6) is 17.2 Å². The van der Waals surface area contributed by atoms with Crippen molar-refractivity contribution in [3.8, 4) is 17.2 Å². The van der Waals surface area contributed by atoms with Gasteiger partial charge in [-0.25, -0.2) is 0 Å². The molecule has 36 heavy (non-hydrogen) atoms. The van der Waals surface area contributed by atoms with Gasteiger partial charge in [-0.15, -0.1) is 0 Å². The highest BCUT2D eigenvalue weighted by atomic mass is 127. The Bertz CT molecular complexity index is 1060. The first-order valence-electron chi connectivity index (χ1n) is 10.8. The van der Waals surface area contributed by atoms with E-state index in [9.17, 15) is 19.6 Å². The Kier molecular flexibility index (Phi) is 12.4. The van der Waals surface area contributed by atoms with Crippen LogP contribution in [0.4, 0.5) is 5.69 Å². The van der Waals surface area contributed by atoms with Crippen molar-refractivity contribution in [2.45, 2.75) is 32.4 Å². The molecule has 2 rings (SSSR count). The fourth-order valence-corrected chi connectivity index (χ4v) is 3.71. The number of hydrogen-bond acceptors (Lipinski definition) is 8. The van der Waals surface area contributed by atoms with Crippen LogP contribution in [0.1, 0.15) is 36.9 Å². The molecule has 5 N–H and O–H groups in total. The van der Waals surface area contributed by atoms with Gasteiger partial charge in [0.05, 0.1) is 48.3 Å². The van der Waals surface area contributed by atoms with Gasteiger partial charge in [-0.1, -0.05) is 11.6 Å². The van der Waals surface area contributed by atoms with E-state index >= 15 is 0 Å². The predicted octanol–water partition coefficient (Wildman–Crippen LogP) is 3.28. The largest absolute Gasteiger partial charge is 0.493 e. The summed E-state index contributed by atoms with van der Waals surface area (Å²) in [6.45, 7) is 1.91. The maximum absolute atomic E-state index is 12.6. The number of halogens is 2. The third kappa shape index (κ3) is 8.91. The highest BCUT2D eigenvalue weighted by Gasteiger charge is 2.19. The van der Waals surface area contributed by atoms with E-state index in [2.05, 4.69) is 19.6 Å². The molecule has 0 bridgehead atoms. The van der Waals surface area contributed by atoms with Crippen LogP contribution in [0.15, 0.2) is 30.3 Å². The molecule has 0 aromatic heterocycles. The van der Waals surface area contributed by atoms with Gasteiger partial charge < -0.3 is 24.8 Å². The molecule has 0 saturated carbocycles. The number of anilines is 1. The van der Waals surface area contributed by atoms with Crippen LogP contribution >= 0.6 is 34.5 Å². The average molecular weight is 635 g/mol. The molecule has 0 radical (unpaired) electrons. The second-order valence-corrected chi connectivity index (χ2v) is 8.48. The number of methoxy groups -OCH3 is 1. The van der Waals surface area contributed by atoms with Gasteiger partial charge in [0.15, 0.2) is 18.1 Å². The molecule has 0 fully saturated rings. The lowest BCUT2D eigenvalue weighted by Crippen LogP contribution is -2.31. The Balaban J connectivity index is 2.04. The van der Waals surface area contributed by atoms with Crippen molar-refractivity contribution >= 4 is 58.4 Å². The van der Waals surface area contributed by atoms with E-state index in [1.54, 1.807) is 60.1 Å². The summed E-state index contributed by atoms with van der Waals surface area (Å²) >= 11 is 7.78. The van der Waals surface area contributed by atoms with Crippen LogP contribution in [0.25, 0.3) is 0 Å². The summed E-state index contributed by atoms with van der Waals surface area (Å²) in [7, 11) is 1.47. The molecule has 2 aromatic rings. The van der Waals surface area contributed by atoms with Crippen molar-refractivity contribution < 1.29 is 33.8 Å². The van der Waals surface area contributed by atoms with Crippen LogP contribution in [0.3, 0.4) is 0 Å². The summed E-state index contributed by atoms with van der Waals surface area (Å²) < 4.78 is 19.3. The number of nitrogens with one attached hydrogen (secondary N) is 4. The van der Waals surface area contributed by atoms with Crippen molar-refractivity contribution in [2.24, 2.45) is 0 Å². The Morgan fingerprint density at radius 2 is 1.92 bits per heavy atom. The Morgan fingerprint density at radius 1 is 1.14 bits per heavy atom. The minimum Gasteiger partial charge on any atom is -0.493 e. The van der Waals surface area contributed by atoms with Crippen molar-refractivity contribution in [1.82, 2.24) is 14.2 Å². The third-order valence-electron chi connectivity index (χ3n) is 4.97. The van der Waals surface area contributed by atoms with E-state index in [-0.39, 0.29) is 25.7 Å². The van der Waals surface area contributed by atoms with Gasteiger partial charge in [0.2, 0.25) is 12.3 Å². The molecule has 0 saturated heterocycles. The summed E-state index contributed by atoms with van der Waals surface area (Å²) in [5.41, 5.74) is 3.59. The Hall–Kier alpha value is -2.97. The van der Waals surface area contributed by atoms with Crippen molar-refractivity contribution in [3.63, 3.8) is 0 Å². The van der Waals surface area contributed by atoms with Gasteiger partial charge in [0, 0.05) is 35.2 Å². The van der Waals surface area contributed by atoms with Crippen molar-refractivity contribution in [3.05, 3.63) is 46.5 Å². The lowest BCUT2D eigenvalue weighted by atomic mass is 10.0. The molecule has 0 aliphatic heterocycles. The van der Waals surface area contributed by atoms with Gasteiger partial charge >= 0.3 is 0 Å². The highest BCUT2D eigenvalue weighted by Crippen LogP contribution is 2.36. The van der Waals surface area contributed by atoms with E-state index < -0.39 is 11.9 Å². The van der Waals surface area contributed by atoms with Crippen molar-refractivity contribution in [1.29, 1.82) is 0 Å². The predicted molar refractivity (Wildman–Crippen MR) is 142 cm³/mol. The smallest absolute Gasteiger partial charge is 0.258 e. The fraction of sp³-hybridized carbons (Fsp3) is 0.348. The number of rotatable bonds is 15. The van der Waals surface area contributed by atoms with Crippen LogP contribution in [0, 0.1) is 0 Å². The van der Waals surface area contributed by atoms with Crippen LogP contribution < -0.4 is 33.9 Å². The number of carbonyl (C=O) groups is 3. The number of amides is 3. The monoisotopic (exact) mass is 634 g/mol. The standard InChI is InChI=1S/C23H28ClIN4O7/c1-14(27-23(32)12-36-19-6-5-16(24)8-15(19)11-26-13-30)17-9-20(34-2)21(10-18(17)29-33)35-7-3-4-22(31)28-25/h5-6,8-10,13-14,29,33H,3-4,7,11-12H2,1-2H3,(H,26,30)(H,27,32)(H,28,31). The molecular formula is C23H28ClIN4O7. The zero-order valence-electron chi connectivity index (χ0n) is 19.7. The lowest BCUT2D eigenvalue weighted by molar-refractivity contribution is -0.123. The molecule has 3 amide bonds. The second kappa shape index (κ2) is 15.2. The van der Waals surface area contributed by atoms with E-state index in [0.29, 0.717) is 58.3 Å². The quantitative estimate of drug-likeness (QED) is 0.0660. The molecule has 0 aliphatic carbocycles. The molecule has 13 heteroatoms. The average Bonchev–Trinajstić information content (AvgIpc) is 2.88. The molecule has 2 aromatic carbocycles. The van der Waals surface area contributed by atoms with Crippen molar-refractivity contribution in [2.75, 3.05) is 25.8 Å². The van der Waals surface area contributed by atoms with Gasteiger partial charge in [-0.3, -0.25) is 28.6 Å². The Morgan fingerprint density at radius 3 is 2.58 bits per heavy atom. The number of hydrogen-bond donors (Lipinski definition) is 5. The zero-order chi connectivity index (χ0) is 26.5. The molecular weight excluding hydrogens is 607 g/mol. The summed E-state index contributed by atoms with van der Waals surface area (Å²) in [5.74, 6) is 0.663. The summed E-state index contributed by atoms with van der Waals surface area (Å²) in [4.78, 5) is 34.5. The molecule has 1 unspecified atom stereocenters. The van der Waals surface area contributed by atoms with Crippen LogP contribution in [-0.4, -0.2) is 43.8 Å². The molecule has 0 heterocycles. The SMILES string of the molecule is COc1cc(C(C)NC(=O)COc2ccc(Cl)cc2CNC=O)c(NO)cc1OCCCC(=O)NI. The minimum atomic E-state index is -0.535. The van der Waals surface area contributed by atoms with Gasteiger partial charge in [-0.05, 0) is 37.6 Å². The van der Waals surface area contributed by atoms with Gasteiger partial charge in [0.25, 0.3) is 5.91 Å². The lowest BCUT2D eigenvalue weighted by Gasteiger charge is -2.21. The summed E-state index contributed by atoms with van der Waals surface area (Å²) in [6.07, 6.45) is 1.36. The maximum atomic E-state index is 12.6. The summed E-state index contributed by atoms with van der Waals surface area (Å²) in [6, 6.07) is 7.53. The molecule has 0 aliphatic rings. The molecule has 11 nitrogen and oxygen atoms in total. The topological polar surface area (TPSA) is 147 Å².